The first kappa shape index (κ1) is 23.8. The van der Waals surface area contributed by atoms with Crippen LogP contribution in [0.1, 0.15) is 5.56 Å². The van der Waals surface area contributed by atoms with Gasteiger partial charge in [-0.2, -0.15) is 0 Å². The Labute approximate surface area is 214 Å². The molecule has 35 heavy (non-hydrogen) atoms. The normalized spacial score (nSPS) is 21.1. The standard InChI is InChI=1S/C25H27Cl2N6O2/c1-29-23-22(24(34)30(2)25(29)35)33(15-17-8-9-19(26)20(27)14-17)21(28-23)16-31-10-12-32(13-11-31)18-6-4-3-5-7-18/h3-9,14,22H,10-13,15-16H2,1-2H3/q+1. The zero-order chi connectivity index (χ0) is 24.7. The molecule has 0 radical (unpaired) electrons. The van der Waals surface area contributed by atoms with Crippen molar-refractivity contribution in [1.29, 1.82) is 0 Å². The van der Waals surface area contributed by atoms with Gasteiger partial charge in [0.05, 0.1) is 10.0 Å². The Morgan fingerprint density at radius 2 is 1.66 bits per heavy atom. The van der Waals surface area contributed by atoms with E-state index in [1.54, 1.807) is 13.1 Å². The van der Waals surface area contributed by atoms with Crippen molar-refractivity contribution in [2.45, 2.75) is 12.6 Å². The average Bonchev–Trinajstić information content (AvgIpc) is 3.22. The number of aliphatic imine (C=N–C) groups is 1. The highest BCUT2D eigenvalue weighted by Crippen LogP contribution is 2.26. The fraction of sp³-hybridized carbons (Fsp3) is 0.360. The molecule has 2 aromatic rings. The lowest BCUT2D eigenvalue weighted by molar-refractivity contribution is -0.552. The number of hydrogen-bond acceptors (Lipinski definition) is 5. The number of benzene rings is 2. The van der Waals surface area contributed by atoms with Crippen molar-refractivity contribution in [3.8, 4) is 0 Å². The molecule has 8 nitrogen and oxygen atoms in total. The van der Waals surface area contributed by atoms with Crippen LogP contribution in [0.2, 0.25) is 10.0 Å². The molecule has 3 aliphatic heterocycles. The number of amides is 3. The number of likely N-dealkylation sites (N-methyl/N-ethyl adjacent to an activating group) is 2. The number of carbonyl (C=O) groups excluding carboxylic acids is 2. The van der Waals surface area contributed by atoms with Crippen LogP contribution < -0.4 is 4.90 Å². The number of para-hydroxylation sites is 1. The Kier molecular flexibility index (Phi) is 6.53. The predicted molar refractivity (Wildman–Crippen MR) is 138 cm³/mol. The van der Waals surface area contributed by atoms with Crippen LogP contribution >= 0.6 is 23.2 Å². The molecular formula is C25H27Cl2N6O2+. The molecule has 1 unspecified atom stereocenters. The van der Waals surface area contributed by atoms with E-state index in [0.29, 0.717) is 29.0 Å². The second kappa shape index (κ2) is 9.60. The van der Waals surface area contributed by atoms with E-state index in [0.717, 1.165) is 42.5 Å². The zero-order valence-corrected chi connectivity index (χ0v) is 21.2. The van der Waals surface area contributed by atoms with Crippen LogP contribution in [0.5, 0.6) is 0 Å². The third-order valence-corrected chi connectivity index (χ3v) is 7.55. The van der Waals surface area contributed by atoms with Gasteiger partial charge >= 0.3 is 11.9 Å². The van der Waals surface area contributed by atoms with Gasteiger partial charge in [-0.05, 0) is 34.8 Å². The van der Waals surface area contributed by atoms with Crippen LogP contribution in [0, 0.1) is 0 Å². The van der Waals surface area contributed by atoms with E-state index >= 15 is 0 Å². The van der Waals surface area contributed by atoms with Crippen molar-refractivity contribution in [3.05, 3.63) is 64.1 Å². The summed E-state index contributed by atoms with van der Waals surface area (Å²) in [5.74, 6) is 0.958. The molecule has 182 valence electrons. The summed E-state index contributed by atoms with van der Waals surface area (Å²) >= 11 is 12.4. The molecule has 10 heteroatoms. The Morgan fingerprint density at radius 1 is 0.943 bits per heavy atom. The average molecular weight is 514 g/mol. The van der Waals surface area contributed by atoms with E-state index in [-0.39, 0.29) is 11.9 Å². The molecule has 3 aliphatic rings. The minimum atomic E-state index is -0.655. The van der Waals surface area contributed by atoms with E-state index in [2.05, 4.69) is 34.1 Å². The molecule has 0 N–H and O–H groups in total. The Balaban J connectivity index is 1.41. The summed E-state index contributed by atoms with van der Waals surface area (Å²) in [6.07, 6.45) is 0. The van der Waals surface area contributed by atoms with Crippen molar-refractivity contribution in [2.75, 3.05) is 51.7 Å². The fourth-order valence-corrected chi connectivity index (χ4v) is 5.12. The van der Waals surface area contributed by atoms with Gasteiger partial charge in [0.15, 0.2) is 0 Å². The van der Waals surface area contributed by atoms with Crippen LogP contribution in [0.4, 0.5) is 10.5 Å². The lowest BCUT2D eigenvalue weighted by Gasteiger charge is -2.35. The lowest BCUT2D eigenvalue weighted by atomic mass is 10.1. The largest absolute Gasteiger partial charge is 0.369 e. The molecule has 2 fully saturated rings. The maximum Gasteiger partial charge on any atom is 0.333 e. The summed E-state index contributed by atoms with van der Waals surface area (Å²) in [5.41, 5.74) is 2.14. The summed E-state index contributed by atoms with van der Waals surface area (Å²) in [5, 5.41) is 0.940. The summed E-state index contributed by atoms with van der Waals surface area (Å²) in [7, 11) is 3.17. The van der Waals surface area contributed by atoms with Gasteiger partial charge in [-0.15, -0.1) is 0 Å². The molecule has 3 heterocycles. The van der Waals surface area contributed by atoms with Crippen LogP contribution in [0.15, 0.2) is 53.5 Å². The van der Waals surface area contributed by atoms with Gasteiger partial charge in [0, 0.05) is 46.0 Å². The van der Waals surface area contributed by atoms with E-state index in [1.165, 1.54) is 17.6 Å². The number of urea groups is 1. The van der Waals surface area contributed by atoms with Gasteiger partial charge in [-0.3, -0.25) is 19.5 Å². The molecular weight excluding hydrogens is 487 g/mol. The van der Waals surface area contributed by atoms with Crippen molar-refractivity contribution in [2.24, 2.45) is 4.99 Å². The van der Waals surface area contributed by atoms with E-state index in [4.69, 9.17) is 28.2 Å². The van der Waals surface area contributed by atoms with Gasteiger partial charge in [-0.25, -0.2) is 9.37 Å². The number of piperazine rings is 1. The van der Waals surface area contributed by atoms with Crippen molar-refractivity contribution in [3.63, 3.8) is 0 Å². The smallest absolute Gasteiger partial charge is 0.333 e. The van der Waals surface area contributed by atoms with Gasteiger partial charge < -0.3 is 4.90 Å². The monoisotopic (exact) mass is 513 g/mol. The quantitative estimate of drug-likeness (QED) is 0.576. The Morgan fingerprint density at radius 3 is 2.34 bits per heavy atom. The second-order valence-electron chi connectivity index (χ2n) is 9.00. The maximum atomic E-state index is 13.2. The van der Waals surface area contributed by atoms with E-state index in [9.17, 15) is 9.59 Å². The predicted octanol–water partition coefficient (Wildman–Crippen LogP) is 3.03. The minimum Gasteiger partial charge on any atom is -0.369 e. The van der Waals surface area contributed by atoms with Crippen LogP contribution in [0.25, 0.3) is 0 Å². The first-order valence-electron chi connectivity index (χ1n) is 11.6. The van der Waals surface area contributed by atoms with E-state index in [1.807, 2.05) is 22.8 Å². The van der Waals surface area contributed by atoms with Crippen LogP contribution in [-0.4, -0.2) is 95.7 Å². The fourth-order valence-electron chi connectivity index (χ4n) is 4.80. The SMILES string of the molecule is CN1C(=O)C2C(=NC(CN3CCN(c4ccccc4)CC3)=[N+]2Cc2ccc(Cl)c(Cl)c2)N(C)C1=O. The molecule has 0 aromatic heterocycles. The highest BCUT2D eigenvalue weighted by atomic mass is 35.5. The number of hydrogen-bond donors (Lipinski definition) is 0. The molecule has 2 aromatic carbocycles. The number of nitrogens with zero attached hydrogens (tertiary/aromatic N) is 6. The highest BCUT2D eigenvalue weighted by Gasteiger charge is 2.53. The summed E-state index contributed by atoms with van der Waals surface area (Å²) < 4.78 is 1.99. The topological polar surface area (TPSA) is 62.5 Å². The third-order valence-electron chi connectivity index (χ3n) is 6.81. The Hall–Kier alpha value is -2.94. The first-order chi connectivity index (χ1) is 16.8. The molecule has 2 saturated heterocycles. The zero-order valence-electron chi connectivity index (χ0n) is 19.7. The van der Waals surface area contributed by atoms with Crippen molar-refractivity contribution in [1.82, 2.24) is 14.7 Å². The number of imide groups is 1. The summed E-state index contributed by atoms with van der Waals surface area (Å²) in [6, 6.07) is 14.8. The minimum absolute atomic E-state index is 0.282. The van der Waals surface area contributed by atoms with Gasteiger partial charge in [-0.1, -0.05) is 47.5 Å². The first-order valence-corrected chi connectivity index (χ1v) is 12.3. The highest BCUT2D eigenvalue weighted by molar-refractivity contribution is 6.42. The summed E-state index contributed by atoms with van der Waals surface area (Å²) in [4.78, 5) is 37.9. The van der Waals surface area contributed by atoms with Crippen molar-refractivity contribution >= 4 is 52.5 Å². The molecule has 3 amide bonds. The van der Waals surface area contributed by atoms with Gasteiger partial charge in [0.25, 0.3) is 17.8 Å². The number of anilines is 1. The molecule has 0 spiro atoms. The molecule has 0 bridgehead atoms. The summed E-state index contributed by atoms with van der Waals surface area (Å²) in [6.45, 7) is 4.57. The molecule has 1 atom stereocenters. The van der Waals surface area contributed by atoms with Crippen LogP contribution in [-0.2, 0) is 11.3 Å². The number of fused-ring (bicyclic) bond motifs is 1. The van der Waals surface area contributed by atoms with Crippen molar-refractivity contribution < 1.29 is 14.2 Å². The molecule has 0 saturated carbocycles. The lowest BCUT2D eigenvalue weighted by Crippen LogP contribution is -2.61. The van der Waals surface area contributed by atoms with E-state index < -0.39 is 6.04 Å². The number of amidine groups is 2. The van der Waals surface area contributed by atoms with Gasteiger partial charge in [0.2, 0.25) is 0 Å². The molecule has 5 rings (SSSR count). The Bertz CT molecular complexity index is 1220. The third kappa shape index (κ3) is 4.53. The molecule has 0 aliphatic carbocycles. The second-order valence-corrected chi connectivity index (χ2v) is 9.82. The number of halogens is 2. The number of rotatable bonds is 5. The van der Waals surface area contributed by atoms with Crippen LogP contribution in [0.3, 0.4) is 0 Å². The van der Waals surface area contributed by atoms with Gasteiger partial charge in [0.1, 0.15) is 13.1 Å². The number of carbonyl (C=O) groups is 2. The maximum absolute atomic E-state index is 13.2.